The summed E-state index contributed by atoms with van der Waals surface area (Å²) in [6.07, 6.45) is 1.57. The van der Waals surface area contributed by atoms with E-state index in [0.717, 1.165) is 10.0 Å². The molecule has 5 nitrogen and oxygen atoms in total. The average molecular weight is 336 g/mol. The highest BCUT2D eigenvalue weighted by molar-refractivity contribution is 9.10. The largest absolute Gasteiger partial charge is 0.397 e. The van der Waals surface area contributed by atoms with E-state index in [1.54, 1.807) is 24.4 Å². The van der Waals surface area contributed by atoms with Crippen LogP contribution in [0.15, 0.2) is 45.8 Å². The zero-order valence-corrected chi connectivity index (χ0v) is 12.5. The minimum Gasteiger partial charge on any atom is -0.397 e. The fourth-order valence-electron chi connectivity index (χ4n) is 1.77. The van der Waals surface area contributed by atoms with Crippen LogP contribution in [-0.2, 0) is 11.3 Å². The van der Waals surface area contributed by atoms with Gasteiger partial charge in [-0.3, -0.25) is 9.59 Å². The minimum absolute atomic E-state index is 0.0639. The maximum Gasteiger partial charge on any atom is 0.251 e. The Hall–Kier alpha value is -2.08. The molecule has 0 aliphatic heterocycles. The molecule has 0 atom stereocenters. The lowest BCUT2D eigenvalue weighted by molar-refractivity contribution is -0.116. The molecule has 1 amide bonds. The van der Waals surface area contributed by atoms with Crippen LogP contribution in [-0.4, -0.2) is 10.5 Å². The van der Waals surface area contributed by atoms with E-state index in [1.165, 1.54) is 10.6 Å². The van der Waals surface area contributed by atoms with E-state index in [9.17, 15) is 9.59 Å². The number of nitrogens with two attached hydrogens (primary N) is 1. The maximum absolute atomic E-state index is 11.9. The highest BCUT2D eigenvalue weighted by Crippen LogP contribution is 2.19. The van der Waals surface area contributed by atoms with E-state index in [1.807, 2.05) is 13.0 Å². The molecule has 0 aliphatic rings. The molecule has 1 aromatic carbocycles. The van der Waals surface area contributed by atoms with Gasteiger partial charge in [0.2, 0.25) is 5.91 Å². The second-order valence-corrected chi connectivity index (χ2v) is 5.37. The van der Waals surface area contributed by atoms with Crippen molar-refractivity contribution in [1.82, 2.24) is 4.57 Å². The number of hydrogen-bond acceptors (Lipinski definition) is 3. The molecule has 6 heteroatoms. The summed E-state index contributed by atoms with van der Waals surface area (Å²) < 4.78 is 2.06. The molecule has 20 heavy (non-hydrogen) atoms. The highest BCUT2D eigenvalue weighted by atomic mass is 79.9. The maximum atomic E-state index is 11.9. The Kier molecular flexibility index (Phi) is 4.24. The summed E-state index contributed by atoms with van der Waals surface area (Å²) in [5.41, 5.74) is 7.65. The number of aryl methyl sites for hydroxylation is 1. The summed E-state index contributed by atoms with van der Waals surface area (Å²) in [6, 6.07) is 8.41. The van der Waals surface area contributed by atoms with Gasteiger partial charge in [-0.25, -0.2) is 0 Å². The van der Waals surface area contributed by atoms with Gasteiger partial charge in [0, 0.05) is 16.7 Å². The Labute approximate surface area is 124 Å². The summed E-state index contributed by atoms with van der Waals surface area (Å²) in [7, 11) is 0. The zero-order valence-electron chi connectivity index (χ0n) is 10.9. The number of hydrogen-bond donors (Lipinski definition) is 2. The fourth-order valence-corrected chi connectivity index (χ4v) is 2.15. The topological polar surface area (TPSA) is 77.1 Å². The van der Waals surface area contributed by atoms with Gasteiger partial charge in [0.15, 0.2) is 0 Å². The molecule has 0 aliphatic carbocycles. The van der Waals surface area contributed by atoms with Gasteiger partial charge in [-0.15, -0.1) is 0 Å². The third-order valence-electron chi connectivity index (χ3n) is 2.74. The van der Waals surface area contributed by atoms with Crippen molar-refractivity contribution in [3.63, 3.8) is 0 Å². The van der Waals surface area contributed by atoms with E-state index in [2.05, 4.69) is 21.2 Å². The predicted octanol–water partition coefficient (Wildman–Crippen LogP) is 2.14. The highest BCUT2D eigenvalue weighted by Gasteiger charge is 2.07. The fraction of sp³-hybridized carbons (Fsp3) is 0.143. The normalized spacial score (nSPS) is 10.3. The van der Waals surface area contributed by atoms with Crippen LogP contribution in [0.25, 0.3) is 0 Å². The molecule has 0 fully saturated rings. The van der Waals surface area contributed by atoms with Gasteiger partial charge in [-0.1, -0.05) is 6.07 Å². The molecule has 0 spiro atoms. The number of halogens is 1. The van der Waals surface area contributed by atoms with E-state index in [4.69, 9.17) is 5.73 Å². The summed E-state index contributed by atoms with van der Waals surface area (Å²) in [4.78, 5) is 23.5. The molecule has 0 unspecified atom stereocenters. The van der Waals surface area contributed by atoms with E-state index < -0.39 is 0 Å². The van der Waals surface area contributed by atoms with Gasteiger partial charge in [-0.2, -0.15) is 0 Å². The summed E-state index contributed by atoms with van der Waals surface area (Å²) in [6.45, 7) is 1.86. The Morgan fingerprint density at radius 1 is 1.35 bits per heavy atom. The van der Waals surface area contributed by atoms with Crippen molar-refractivity contribution in [3.8, 4) is 0 Å². The van der Waals surface area contributed by atoms with Crippen molar-refractivity contribution in [2.45, 2.75) is 13.5 Å². The van der Waals surface area contributed by atoms with Crippen LogP contribution in [0.2, 0.25) is 0 Å². The molecule has 0 saturated carbocycles. The monoisotopic (exact) mass is 335 g/mol. The number of carbonyl (C=O) groups excluding carboxylic acids is 1. The van der Waals surface area contributed by atoms with Gasteiger partial charge in [-0.05, 0) is 46.6 Å². The molecular formula is C14H14BrN3O2. The van der Waals surface area contributed by atoms with E-state index in [-0.39, 0.29) is 18.0 Å². The molecular weight excluding hydrogens is 322 g/mol. The second-order valence-electron chi connectivity index (χ2n) is 4.45. The van der Waals surface area contributed by atoms with Crippen LogP contribution in [0.1, 0.15) is 5.56 Å². The van der Waals surface area contributed by atoms with Crippen LogP contribution in [0.5, 0.6) is 0 Å². The molecule has 1 aromatic heterocycles. The van der Waals surface area contributed by atoms with Crippen molar-refractivity contribution in [2.24, 2.45) is 0 Å². The van der Waals surface area contributed by atoms with Crippen LogP contribution >= 0.6 is 15.9 Å². The number of pyridine rings is 1. The Morgan fingerprint density at radius 2 is 2.10 bits per heavy atom. The predicted molar refractivity (Wildman–Crippen MR) is 82.6 cm³/mol. The minimum atomic E-state index is -0.305. The lowest BCUT2D eigenvalue weighted by atomic mass is 10.2. The van der Waals surface area contributed by atoms with Crippen molar-refractivity contribution in [2.75, 3.05) is 11.1 Å². The molecule has 2 aromatic rings. The van der Waals surface area contributed by atoms with Crippen LogP contribution in [0, 0.1) is 6.92 Å². The number of carbonyl (C=O) groups is 1. The summed E-state index contributed by atoms with van der Waals surface area (Å²) in [5.74, 6) is -0.305. The molecule has 104 valence electrons. The van der Waals surface area contributed by atoms with Crippen molar-refractivity contribution in [1.29, 1.82) is 0 Å². The van der Waals surface area contributed by atoms with Crippen molar-refractivity contribution in [3.05, 3.63) is 56.9 Å². The third kappa shape index (κ3) is 3.48. The lowest BCUT2D eigenvalue weighted by Crippen LogP contribution is -2.26. The number of amides is 1. The number of rotatable bonds is 3. The lowest BCUT2D eigenvalue weighted by Gasteiger charge is -2.10. The number of nitrogen functional groups attached to an aromatic ring is 1. The molecule has 2 rings (SSSR count). The molecule has 0 bridgehead atoms. The second kappa shape index (κ2) is 5.92. The van der Waals surface area contributed by atoms with Gasteiger partial charge >= 0.3 is 0 Å². The first-order chi connectivity index (χ1) is 9.45. The smallest absolute Gasteiger partial charge is 0.251 e. The number of nitrogens with zero attached hydrogens (tertiary/aromatic N) is 1. The Balaban J connectivity index is 2.13. The number of nitrogens with one attached hydrogen (secondary N) is 1. The van der Waals surface area contributed by atoms with E-state index >= 15 is 0 Å². The first kappa shape index (κ1) is 14.3. The van der Waals surface area contributed by atoms with Crippen LogP contribution in [0.4, 0.5) is 11.4 Å². The zero-order chi connectivity index (χ0) is 14.7. The van der Waals surface area contributed by atoms with Crippen LogP contribution in [0.3, 0.4) is 0 Å². The molecule has 1 heterocycles. The van der Waals surface area contributed by atoms with Crippen LogP contribution < -0.4 is 16.6 Å². The van der Waals surface area contributed by atoms with Gasteiger partial charge in [0.05, 0.1) is 11.4 Å². The average Bonchev–Trinajstić information content (AvgIpc) is 2.37. The van der Waals surface area contributed by atoms with Gasteiger partial charge < -0.3 is 15.6 Å². The Bertz CT molecular complexity index is 710. The SMILES string of the molecule is Cc1ccc(NC(=O)Cn2cc(Br)ccc2=O)c(N)c1. The van der Waals surface area contributed by atoms with E-state index in [0.29, 0.717) is 11.4 Å². The number of anilines is 2. The van der Waals surface area contributed by atoms with Crippen molar-refractivity contribution >= 4 is 33.2 Å². The first-order valence-corrected chi connectivity index (χ1v) is 6.77. The third-order valence-corrected chi connectivity index (χ3v) is 3.21. The summed E-state index contributed by atoms with van der Waals surface area (Å²) >= 11 is 3.26. The molecule has 0 saturated heterocycles. The molecule has 3 N–H and O–H groups in total. The van der Waals surface area contributed by atoms with Crippen molar-refractivity contribution < 1.29 is 4.79 Å². The standard InChI is InChI=1S/C14H14BrN3O2/c1-9-2-4-12(11(16)6-9)17-13(19)8-18-7-10(15)3-5-14(18)20/h2-7H,8,16H2,1H3,(H,17,19). The number of aromatic nitrogens is 1. The Morgan fingerprint density at radius 3 is 2.80 bits per heavy atom. The summed E-state index contributed by atoms with van der Waals surface area (Å²) in [5, 5.41) is 2.69. The van der Waals surface area contributed by atoms with Gasteiger partial charge in [0.25, 0.3) is 5.56 Å². The van der Waals surface area contributed by atoms with Gasteiger partial charge in [0.1, 0.15) is 6.54 Å². The first-order valence-electron chi connectivity index (χ1n) is 5.97. The molecule has 0 radical (unpaired) electrons. The quantitative estimate of drug-likeness (QED) is 0.843. The number of benzene rings is 1.